The Hall–Kier alpha value is -3.68. The Morgan fingerprint density at radius 1 is 1.11 bits per heavy atom. The molecule has 1 atom stereocenters. The van der Waals surface area contributed by atoms with E-state index in [9.17, 15) is 14.7 Å². The first-order valence-electron chi connectivity index (χ1n) is 8.82. The molecule has 1 aliphatic carbocycles. The fraction of sp³-hybridized carbons (Fsp3) is 0.200. The van der Waals surface area contributed by atoms with E-state index in [-0.39, 0.29) is 18.9 Å². The lowest BCUT2D eigenvalue weighted by Crippen LogP contribution is -2.43. The molecular weight excluding hydrogens is 360 g/mol. The van der Waals surface area contributed by atoms with Crippen molar-refractivity contribution in [3.63, 3.8) is 0 Å². The zero-order chi connectivity index (χ0) is 19.5. The van der Waals surface area contributed by atoms with Crippen molar-refractivity contribution in [1.82, 2.24) is 20.7 Å². The monoisotopic (exact) mass is 378 g/mol. The van der Waals surface area contributed by atoms with E-state index in [2.05, 4.69) is 20.7 Å². The summed E-state index contributed by atoms with van der Waals surface area (Å²) in [5, 5.41) is 21.6. The lowest BCUT2D eigenvalue weighted by Gasteiger charge is -2.17. The van der Waals surface area contributed by atoms with Gasteiger partial charge in [-0.3, -0.25) is 0 Å². The van der Waals surface area contributed by atoms with Crippen LogP contribution in [0.5, 0.6) is 0 Å². The molecule has 0 saturated heterocycles. The van der Waals surface area contributed by atoms with Gasteiger partial charge in [-0.1, -0.05) is 48.5 Å². The molecule has 8 heteroatoms. The number of nitrogens with zero attached hydrogens (tertiary/aromatic N) is 2. The molecule has 0 radical (unpaired) electrons. The zero-order valence-corrected chi connectivity index (χ0v) is 14.8. The Kier molecular flexibility index (Phi) is 4.76. The average molecular weight is 378 g/mol. The maximum atomic E-state index is 12.2. The van der Waals surface area contributed by atoms with Crippen molar-refractivity contribution in [2.75, 3.05) is 6.61 Å². The van der Waals surface area contributed by atoms with E-state index in [0.717, 1.165) is 22.3 Å². The molecule has 8 nitrogen and oxygen atoms in total. The van der Waals surface area contributed by atoms with Gasteiger partial charge in [-0.15, -0.1) is 0 Å². The number of amides is 1. The number of H-pyrrole nitrogens is 1. The van der Waals surface area contributed by atoms with Gasteiger partial charge >= 0.3 is 12.1 Å². The second-order valence-electron chi connectivity index (χ2n) is 6.53. The predicted octanol–water partition coefficient (Wildman–Crippen LogP) is 2.34. The molecule has 0 unspecified atom stereocenters. The molecule has 1 aromatic heterocycles. The van der Waals surface area contributed by atoms with Crippen LogP contribution in [0.3, 0.4) is 0 Å². The number of alkyl carbamates (subject to hydrolysis) is 1. The van der Waals surface area contributed by atoms with Crippen LogP contribution in [0.15, 0.2) is 54.7 Å². The topological polar surface area (TPSA) is 117 Å². The number of aromatic amines is 1. The summed E-state index contributed by atoms with van der Waals surface area (Å²) >= 11 is 0. The first-order chi connectivity index (χ1) is 13.6. The van der Waals surface area contributed by atoms with Gasteiger partial charge in [-0.25, -0.2) is 9.59 Å². The number of hydrogen-bond acceptors (Lipinski definition) is 5. The highest BCUT2D eigenvalue weighted by Crippen LogP contribution is 2.44. The molecule has 3 N–H and O–H groups in total. The Morgan fingerprint density at radius 3 is 2.32 bits per heavy atom. The van der Waals surface area contributed by atoms with Crippen molar-refractivity contribution in [2.45, 2.75) is 18.4 Å². The summed E-state index contributed by atoms with van der Waals surface area (Å²) in [4.78, 5) is 23.6. The van der Waals surface area contributed by atoms with Crippen molar-refractivity contribution < 1.29 is 19.4 Å². The number of carbonyl (C=O) groups is 2. The minimum Gasteiger partial charge on any atom is -0.480 e. The summed E-state index contributed by atoms with van der Waals surface area (Å²) in [6.45, 7) is 0.121. The van der Waals surface area contributed by atoms with Gasteiger partial charge in [0, 0.05) is 12.3 Å². The first kappa shape index (κ1) is 17.7. The molecule has 3 aromatic rings. The second kappa shape index (κ2) is 7.51. The van der Waals surface area contributed by atoms with Crippen molar-refractivity contribution in [1.29, 1.82) is 0 Å². The maximum Gasteiger partial charge on any atom is 0.407 e. The van der Waals surface area contributed by atoms with Crippen LogP contribution in [0.25, 0.3) is 11.1 Å². The second-order valence-corrected chi connectivity index (χ2v) is 6.53. The quantitative estimate of drug-likeness (QED) is 0.606. The first-order valence-corrected chi connectivity index (χ1v) is 8.82. The lowest BCUT2D eigenvalue weighted by molar-refractivity contribution is -0.139. The molecule has 142 valence electrons. The number of fused-ring (bicyclic) bond motifs is 3. The number of ether oxygens (including phenoxy) is 1. The number of hydrogen-bond donors (Lipinski definition) is 3. The predicted molar refractivity (Wildman–Crippen MR) is 99.7 cm³/mol. The van der Waals surface area contributed by atoms with Gasteiger partial charge in [0.05, 0.1) is 11.9 Å². The molecule has 0 bridgehead atoms. The van der Waals surface area contributed by atoms with Gasteiger partial charge in [0.25, 0.3) is 0 Å². The van der Waals surface area contributed by atoms with Gasteiger partial charge in [-0.05, 0) is 22.3 Å². The van der Waals surface area contributed by atoms with Crippen LogP contribution in [0.2, 0.25) is 0 Å². The SMILES string of the molecule is O=C(N[C@H](Cc1cn[nH]n1)C(=O)O)OCC1c2ccccc2-c2ccccc21. The van der Waals surface area contributed by atoms with Crippen molar-refractivity contribution in [3.8, 4) is 11.1 Å². The van der Waals surface area contributed by atoms with Gasteiger partial charge in [-0.2, -0.15) is 15.4 Å². The highest BCUT2D eigenvalue weighted by atomic mass is 16.5. The minimum atomic E-state index is -1.17. The number of benzene rings is 2. The largest absolute Gasteiger partial charge is 0.480 e. The Labute approximate surface area is 160 Å². The van der Waals surface area contributed by atoms with Crippen molar-refractivity contribution in [3.05, 3.63) is 71.5 Å². The number of nitrogens with one attached hydrogen (secondary N) is 2. The number of aliphatic carboxylic acids is 1. The number of carbonyl (C=O) groups excluding carboxylic acids is 1. The summed E-state index contributed by atoms with van der Waals surface area (Å²) in [5.41, 5.74) is 4.87. The third kappa shape index (κ3) is 3.44. The molecular formula is C20H18N4O4. The van der Waals surface area contributed by atoms with Crippen LogP contribution in [0, 0.1) is 0 Å². The van der Waals surface area contributed by atoms with Crippen LogP contribution in [0.1, 0.15) is 22.7 Å². The minimum absolute atomic E-state index is 0.00995. The fourth-order valence-electron chi connectivity index (χ4n) is 3.52. The molecule has 2 aromatic carbocycles. The van der Waals surface area contributed by atoms with Crippen LogP contribution >= 0.6 is 0 Å². The lowest BCUT2D eigenvalue weighted by atomic mass is 9.98. The van der Waals surface area contributed by atoms with Crippen molar-refractivity contribution in [2.24, 2.45) is 0 Å². The van der Waals surface area contributed by atoms with E-state index in [1.54, 1.807) is 0 Å². The standard InChI is InChI=1S/C20H18N4O4/c25-19(26)18(9-12-10-21-24-23-12)22-20(27)28-11-17-15-7-3-1-5-13(15)14-6-2-4-8-16(14)17/h1-8,10,17-18H,9,11H2,(H,22,27)(H,25,26)(H,21,23,24)/t18-/m1/s1. The highest BCUT2D eigenvalue weighted by molar-refractivity contribution is 5.81. The average Bonchev–Trinajstić information content (AvgIpc) is 3.32. The third-order valence-electron chi connectivity index (χ3n) is 4.81. The van der Waals surface area contributed by atoms with E-state index >= 15 is 0 Å². The number of aromatic nitrogens is 3. The van der Waals surface area contributed by atoms with E-state index in [0.29, 0.717) is 5.69 Å². The molecule has 0 spiro atoms. The fourth-order valence-corrected chi connectivity index (χ4v) is 3.52. The molecule has 1 amide bonds. The summed E-state index contributed by atoms with van der Waals surface area (Å²) in [6, 6.07) is 14.9. The summed E-state index contributed by atoms with van der Waals surface area (Å²) in [6.07, 6.45) is 0.642. The van der Waals surface area contributed by atoms with E-state index in [1.165, 1.54) is 6.20 Å². The normalized spacial score (nSPS) is 13.4. The third-order valence-corrected chi connectivity index (χ3v) is 4.81. The van der Waals surface area contributed by atoms with Crippen LogP contribution < -0.4 is 5.32 Å². The summed E-state index contributed by atoms with van der Waals surface area (Å²) < 4.78 is 5.38. The molecule has 0 fully saturated rings. The Bertz CT molecular complexity index is 957. The summed E-state index contributed by atoms with van der Waals surface area (Å²) in [7, 11) is 0. The van der Waals surface area contributed by atoms with Crippen molar-refractivity contribution >= 4 is 12.1 Å². The van der Waals surface area contributed by atoms with Crippen LogP contribution in [-0.4, -0.2) is 45.2 Å². The zero-order valence-electron chi connectivity index (χ0n) is 14.8. The van der Waals surface area contributed by atoms with Gasteiger partial charge in [0.2, 0.25) is 0 Å². The highest BCUT2D eigenvalue weighted by Gasteiger charge is 2.29. The van der Waals surface area contributed by atoms with Gasteiger partial charge < -0.3 is 15.2 Å². The molecule has 0 saturated carbocycles. The maximum absolute atomic E-state index is 12.2. The number of carboxylic acids is 1. The van der Waals surface area contributed by atoms with Crippen LogP contribution in [0.4, 0.5) is 4.79 Å². The summed E-state index contributed by atoms with van der Waals surface area (Å²) in [5.74, 6) is -1.26. The molecule has 1 aliphatic rings. The number of rotatable bonds is 6. The smallest absolute Gasteiger partial charge is 0.407 e. The molecule has 0 aliphatic heterocycles. The Balaban J connectivity index is 1.44. The van der Waals surface area contributed by atoms with Gasteiger partial charge in [0.15, 0.2) is 0 Å². The molecule has 1 heterocycles. The van der Waals surface area contributed by atoms with E-state index in [4.69, 9.17) is 4.74 Å². The molecule has 4 rings (SSSR count). The van der Waals surface area contributed by atoms with E-state index in [1.807, 2.05) is 48.5 Å². The number of carboxylic acid groups (broad SMARTS) is 1. The van der Waals surface area contributed by atoms with Crippen LogP contribution in [-0.2, 0) is 16.0 Å². The van der Waals surface area contributed by atoms with E-state index < -0.39 is 18.1 Å². The van der Waals surface area contributed by atoms with Gasteiger partial charge in [0.1, 0.15) is 12.6 Å². The molecule has 28 heavy (non-hydrogen) atoms. The Morgan fingerprint density at radius 2 is 1.75 bits per heavy atom.